The van der Waals surface area contributed by atoms with E-state index in [0.717, 1.165) is 17.5 Å². The second-order valence-corrected chi connectivity index (χ2v) is 9.91. The molecular formula is C13H22O5SSi. The van der Waals surface area contributed by atoms with Crippen molar-refractivity contribution < 1.29 is 21.7 Å². The number of hydrogen-bond donors (Lipinski definition) is 0. The highest BCUT2D eigenvalue weighted by molar-refractivity contribution is 7.89. The monoisotopic (exact) mass is 318 g/mol. The van der Waals surface area contributed by atoms with E-state index < -0.39 is 18.6 Å². The van der Waals surface area contributed by atoms with E-state index in [0.29, 0.717) is 6.04 Å². The summed E-state index contributed by atoms with van der Waals surface area (Å²) in [5.41, 5.74) is 1.90. The van der Waals surface area contributed by atoms with Gasteiger partial charge in [0.25, 0.3) is 0 Å². The summed E-state index contributed by atoms with van der Waals surface area (Å²) >= 11 is 0. The minimum Gasteiger partial charge on any atom is -0.377 e. The van der Waals surface area contributed by atoms with E-state index >= 15 is 0 Å². The smallest absolute Gasteiger partial charge is 0.377 e. The second kappa shape index (κ2) is 7.33. The van der Waals surface area contributed by atoms with Gasteiger partial charge in [0, 0.05) is 33.6 Å². The van der Waals surface area contributed by atoms with Crippen LogP contribution in [0.25, 0.3) is 0 Å². The van der Waals surface area contributed by atoms with Gasteiger partial charge < -0.3 is 13.3 Å². The van der Waals surface area contributed by atoms with Crippen LogP contribution in [-0.2, 0) is 35.3 Å². The summed E-state index contributed by atoms with van der Waals surface area (Å²) in [4.78, 5) is 0. The molecule has 0 amide bonds. The van der Waals surface area contributed by atoms with Crippen LogP contribution >= 0.6 is 0 Å². The molecular weight excluding hydrogens is 296 g/mol. The number of benzene rings is 1. The van der Waals surface area contributed by atoms with Gasteiger partial charge in [-0.1, -0.05) is 24.3 Å². The van der Waals surface area contributed by atoms with Crippen LogP contribution in [0.5, 0.6) is 0 Å². The van der Waals surface area contributed by atoms with E-state index in [9.17, 15) is 8.42 Å². The van der Waals surface area contributed by atoms with Gasteiger partial charge in [0.05, 0.1) is 5.75 Å². The van der Waals surface area contributed by atoms with Gasteiger partial charge in [-0.2, -0.15) is 0 Å². The molecule has 1 aromatic rings. The maximum atomic E-state index is 11.2. The first-order valence-electron chi connectivity index (χ1n) is 6.25. The lowest BCUT2D eigenvalue weighted by Crippen LogP contribution is -2.43. The largest absolute Gasteiger partial charge is 0.500 e. The van der Waals surface area contributed by atoms with Crippen LogP contribution in [-0.4, -0.2) is 44.8 Å². The molecule has 0 atom stereocenters. The quantitative estimate of drug-likeness (QED) is 0.682. The lowest BCUT2D eigenvalue weighted by atomic mass is 10.1. The maximum Gasteiger partial charge on any atom is 0.500 e. The third-order valence-corrected chi connectivity index (χ3v) is 6.69. The molecule has 0 fully saturated rings. The zero-order valence-corrected chi connectivity index (χ0v) is 14.2. The average Bonchev–Trinajstić information content (AvgIpc) is 2.41. The summed E-state index contributed by atoms with van der Waals surface area (Å²) in [5, 5.41) is 0. The van der Waals surface area contributed by atoms with E-state index in [2.05, 4.69) is 0 Å². The summed E-state index contributed by atoms with van der Waals surface area (Å²) in [5.74, 6) is 0.0696. The van der Waals surface area contributed by atoms with Crippen LogP contribution in [0.2, 0.25) is 6.04 Å². The van der Waals surface area contributed by atoms with Gasteiger partial charge in [-0.05, 0) is 17.5 Å². The number of hydrogen-bond acceptors (Lipinski definition) is 5. The van der Waals surface area contributed by atoms with Crippen molar-refractivity contribution in [2.45, 2.75) is 18.2 Å². The molecule has 1 rings (SSSR count). The van der Waals surface area contributed by atoms with Crippen LogP contribution in [0.1, 0.15) is 11.1 Å². The van der Waals surface area contributed by atoms with Crippen molar-refractivity contribution >= 4 is 18.6 Å². The van der Waals surface area contributed by atoms with Crippen molar-refractivity contribution in [1.82, 2.24) is 0 Å². The van der Waals surface area contributed by atoms with Gasteiger partial charge in [-0.15, -0.1) is 0 Å². The highest BCUT2D eigenvalue weighted by Crippen LogP contribution is 2.17. The van der Waals surface area contributed by atoms with Crippen LogP contribution in [0, 0.1) is 0 Å². The molecule has 0 saturated carbocycles. The Labute approximate surface area is 122 Å². The van der Waals surface area contributed by atoms with Gasteiger partial charge in [0.1, 0.15) is 0 Å². The zero-order valence-electron chi connectivity index (χ0n) is 12.4. The lowest BCUT2D eigenvalue weighted by molar-refractivity contribution is 0.123. The molecule has 20 heavy (non-hydrogen) atoms. The third kappa shape index (κ3) is 5.33. The molecule has 0 spiro atoms. The second-order valence-electron chi connectivity index (χ2n) is 4.68. The molecule has 0 radical (unpaired) electrons. The first-order chi connectivity index (χ1) is 9.34. The fraction of sp³-hybridized carbons (Fsp3) is 0.538. The highest BCUT2D eigenvalue weighted by Gasteiger charge is 2.37. The van der Waals surface area contributed by atoms with E-state index in [-0.39, 0.29) is 5.75 Å². The minimum absolute atomic E-state index is 0.0696. The summed E-state index contributed by atoms with van der Waals surface area (Å²) in [7, 11) is -0.763. The Morgan fingerprint density at radius 1 is 0.950 bits per heavy atom. The topological polar surface area (TPSA) is 61.8 Å². The summed E-state index contributed by atoms with van der Waals surface area (Å²) in [6.07, 6.45) is 2.00. The Hall–Kier alpha value is -0.733. The average molecular weight is 318 g/mol. The normalized spacial score (nSPS) is 12.6. The fourth-order valence-corrected chi connectivity index (χ4v) is 4.46. The van der Waals surface area contributed by atoms with Crippen molar-refractivity contribution in [2.75, 3.05) is 27.6 Å². The Balaban J connectivity index is 2.66. The van der Waals surface area contributed by atoms with Crippen molar-refractivity contribution in [2.24, 2.45) is 0 Å². The highest BCUT2D eigenvalue weighted by atomic mass is 32.2. The lowest BCUT2D eigenvalue weighted by Gasteiger charge is -2.24. The summed E-state index contributed by atoms with van der Waals surface area (Å²) in [6, 6.07) is 8.22. The van der Waals surface area contributed by atoms with Gasteiger partial charge in [-0.3, -0.25) is 0 Å². The Morgan fingerprint density at radius 2 is 1.40 bits per heavy atom. The Bertz CT molecular complexity index is 500. The molecule has 0 aliphatic rings. The zero-order chi connectivity index (χ0) is 15.2. The molecule has 7 heteroatoms. The van der Waals surface area contributed by atoms with Crippen molar-refractivity contribution in [3.05, 3.63) is 35.4 Å². The Kier molecular flexibility index (Phi) is 6.34. The third-order valence-electron chi connectivity index (χ3n) is 3.10. The predicted octanol–water partition coefficient (Wildman–Crippen LogP) is 1.65. The SMILES string of the molecule is CO[Si](CCc1ccc(CS(C)(=O)=O)cc1)(OC)OC. The van der Waals surface area contributed by atoms with Crippen molar-refractivity contribution in [3.8, 4) is 0 Å². The molecule has 0 bridgehead atoms. The van der Waals surface area contributed by atoms with Crippen molar-refractivity contribution in [3.63, 3.8) is 0 Å². The van der Waals surface area contributed by atoms with E-state index in [4.69, 9.17) is 13.3 Å². The fourth-order valence-electron chi connectivity index (χ4n) is 1.96. The predicted molar refractivity (Wildman–Crippen MR) is 80.3 cm³/mol. The molecule has 0 aromatic heterocycles. The summed E-state index contributed by atoms with van der Waals surface area (Å²) < 4.78 is 38.5. The number of sulfone groups is 1. The standard InChI is InChI=1S/C13H22O5SSi/c1-16-20(17-2,18-3)10-9-12-5-7-13(8-6-12)11-19(4,14)15/h5-8H,9-11H2,1-4H3. The molecule has 1 aromatic carbocycles. The van der Waals surface area contributed by atoms with Gasteiger partial charge >= 0.3 is 8.80 Å². The molecule has 0 aliphatic carbocycles. The van der Waals surface area contributed by atoms with Gasteiger partial charge in [-0.25, -0.2) is 8.42 Å². The van der Waals surface area contributed by atoms with Gasteiger partial charge in [0.15, 0.2) is 9.84 Å². The van der Waals surface area contributed by atoms with Crippen LogP contribution in [0.4, 0.5) is 0 Å². The molecule has 0 aliphatic heterocycles. The Morgan fingerprint density at radius 3 is 1.80 bits per heavy atom. The first kappa shape index (κ1) is 17.3. The molecule has 5 nitrogen and oxygen atoms in total. The molecule has 0 saturated heterocycles. The summed E-state index contributed by atoms with van der Waals surface area (Å²) in [6.45, 7) is 0. The molecule has 0 heterocycles. The van der Waals surface area contributed by atoms with E-state index in [1.165, 1.54) is 6.26 Å². The van der Waals surface area contributed by atoms with Gasteiger partial charge in [0.2, 0.25) is 0 Å². The number of rotatable bonds is 8. The van der Waals surface area contributed by atoms with E-state index in [1.54, 1.807) is 21.3 Å². The van der Waals surface area contributed by atoms with Crippen LogP contribution < -0.4 is 0 Å². The molecule has 0 N–H and O–H groups in total. The van der Waals surface area contributed by atoms with Crippen molar-refractivity contribution in [1.29, 1.82) is 0 Å². The maximum absolute atomic E-state index is 11.2. The number of aryl methyl sites for hydroxylation is 1. The first-order valence-corrected chi connectivity index (χ1v) is 10.2. The molecule has 114 valence electrons. The van der Waals surface area contributed by atoms with E-state index in [1.807, 2.05) is 24.3 Å². The van der Waals surface area contributed by atoms with Crippen LogP contribution in [0.3, 0.4) is 0 Å². The van der Waals surface area contributed by atoms with Crippen LogP contribution in [0.15, 0.2) is 24.3 Å². The molecule has 0 unspecified atom stereocenters. The minimum atomic E-state index is -2.99.